The third kappa shape index (κ3) is 3.74. The highest BCUT2D eigenvalue weighted by Gasteiger charge is 2.28. The minimum Gasteiger partial charge on any atom is -0.493 e. The fraction of sp³-hybridized carbons (Fsp3) is 0.471. The fourth-order valence-electron chi connectivity index (χ4n) is 3.09. The number of piperidine rings is 1. The number of methoxy groups -OCH3 is 2. The van der Waals surface area contributed by atoms with Crippen LogP contribution < -0.4 is 15.2 Å². The Kier molecular flexibility index (Phi) is 5.18. The summed E-state index contributed by atoms with van der Waals surface area (Å²) in [7, 11) is 3.15. The molecule has 1 fully saturated rings. The maximum absolute atomic E-state index is 11.6. The number of ether oxygens (including phenoxy) is 2. The number of amides is 1. The topological polar surface area (TPSA) is 104 Å². The molecule has 1 aromatic carbocycles. The predicted octanol–water partition coefficient (Wildman–Crippen LogP) is 1.59. The van der Waals surface area contributed by atoms with Crippen LogP contribution in [0.1, 0.15) is 25.2 Å². The first-order chi connectivity index (χ1) is 12.1. The number of carbonyl (C=O) groups excluding carboxylic acids is 1. The van der Waals surface area contributed by atoms with Crippen LogP contribution >= 0.6 is 0 Å². The first-order valence-electron chi connectivity index (χ1n) is 8.20. The van der Waals surface area contributed by atoms with E-state index in [2.05, 4.69) is 10.1 Å². The summed E-state index contributed by atoms with van der Waals surface area (Å²) in [5.74, 6) is 1.84. The van der Waals surface area contributed by atoms with Gasteiger partial charge in [0, 0.05) is 5.56 Å². The molecule has 0 aliphatic carbocycles. The van der Waals surface area contributed by atoms with E-state index in [1.807, 2.05) is 11.0 Å². The van der Waals surface area contributed by atoms with Crippen molar-refractivity contribution in [3.63, 3.8) is 0 Å². The van der Waals surface area contributed by atoms with Crippen LogP contribution in [0.3, 0.4) is 0 Å². The van der Waals surface area contributed by atoms with E-state index in [-0.39, 0.29) is 11.9 Å². The fourth-order valence-corrected chi connectivity index (χ4v) is 3.09. The number of nitrogens with zero attached hydrogens (tertiary/aromatic N) is 3. The third-order valence-electron chi connectivity index (χ3n) is 4.39. The van der Waals surface area contributed by atoms with Gasteiger partial charge in [0.25, 0.3) is 0 Å². The number of hydrogen-bond donors (Lipinski definition) is 1. The molecule has 1 saturated heterocycles. The zero-order valence-electron chi connectivity index (χ0n) is 14.4. The molecule has 1 aromatic heterocycles. The lowest BCUT2D eigenvalue weighted by atomic mass is 10.0. The highest BCUT2D eigenvalue weighted by Crippen LogP contribution is 2.31. The van der Waals surface area contributed by atoms with Gasteiger partial charge in [-0.25, -0.2) is 0 Å². The Morgan fingerprint density at radius 1 is 1.32 bits per heavy atom. The van der Waals surface area contributed by atoms with Crippen molar-refractivity contribution in [2.75, 3.05) is 20.8 Å². The van der Waals surface area contributed by atoms with Gasteiger partial charge in [-0.15, -0.1) is 0 Å². The quantitative estimate of drug-likeness (QED) is 0.847. The SMILES string of the molecule is COc1ccc(-c2noc(CN3CCCCC3C(N)=O)n2)cc1OC. The molecule has 8 nitrogen and oxygen atoms in total. The highest BCUT2D eigenvalue weighted by molar-refractivity contribution is 5.79. The second-order valence-electron chi connectivity index (χ2n) is 5.97. The summed E-state index contributed by atoms with van der Waals surface area (Å²) in [6.45, 7) is 1.20. The largest absolute Gasteiger partial charge is 0.493 e. The van der Waals surface area contributed by atoms with E-state index in [1.54, 1.807) is 26.4 Å². The minimum absolute atomic E-state index is 0.273. The predicted molar refractivity (Wildman–Crippen MR) is 90.1 cm³/mol. The molecule has 0 spiro atoms. The molecular formula is C17H22N4O4. The Morgan fingerprint density at radius 2 is 2.12 bits per heavy atom. The molecule has 1 amide bonds. The van der Waals surface area contributed by atoms with E-state index in [9.17, 15) is 4.79 Å². The summed E-state index contributed by atoms with van der Waals surface area (Å²) in [6.07, 6.45) is 2.80. The van der Waals surface area contributed by atoms with Crippen molar-refractivity contribution in [1.29, 1.82) is 0 Å². The smallest absolute Gasteiger partial charge is 0.241 e. The molecular weight excluding hydrogens is 324 g/mol. The second kappa shape index (κ2) is 7.52. The van der Waals surface area contributed by atoms with Crippen LogP contribution in [-0.2, 0) is 11.3 Å². The van der Waals surface area contributed by atoms with Gasteiger partial charge < -0.3 is 19.7 Å². The monoisotopic (exact) mass is 346 g/mol. The standard InChI is InChI=1S/C17H22N4O4/c1-23-13-7-6-11(9-14(13)24-2)17-19-15(25-20-17)10-21-8-4-3-5-12(21)16(18)22/h6-7,9,12H,3-5,8,10H2,1-2H3,(H2,18,22). The van der Waals surface area contributed by atoms with Gasteiger partial charge in [0.1, 0.15) is 0 Å². The van der Waals surface area contributed by atoms with E-state index in [1.165, 1.54) is 0 Å². The summed E-state index contributed by atoms with van der Waals surface area (Å²) in [4.78, 5) is 18.0. The van der Waals surface area contributed by atoms with Crippen molar-refractivity contribution in [2.24, 2.45) is 5.73 Å². The Balaban J connectivity index is 1.77. The third-order valence-corrected chi connectivity index (χ3v) is 4.39. The lowest BCUT2D eigenvalue weighted by Crippen LogP contribution is -2.47. The summed E-state index contributed by atoms with van der Waals surface area (Å²) in [5.41, 5.74) is 6.26. The summed E-state index contributed by atoms with van der Waals surface area (Å²) < 4.78 is 15.9. The van der Waals surface area contributed by atoms with Crippen molar-refractivity contribution >= 4 is 5.91 Å². The van der Waals surface area contributed by atoms with Crippen molar-refractivity contribution in [3.8, 4) is 22.9 Å². The number of benzene rings is 1. The van der Waals surface area contributed by atoms with Crippen LogP contribution in [0, 0.1) is 0 Å². The Hall–Kier alpha value is -2.61. The number of primary amides is 1. The van der Waals surface area contributed by atoms with Crippen LogP contribution in [0.2, 0.25) is 0 Å². The molecule has 1 unspecified atom stereocenters. The van der Waals surface area contributed by atoms with Crippen LogP contribution in [0.25, 0.3) is 11.4 Å². The Morgan fingerprint density at radius 3 is 2.84 bits per heavy atom. The lowest BCUT2D eigenvalue weighted by Gasteiger charge is -2.32. The minimum atomic E-state index is -0.306. The highest BCUT2D eigenvalue weighted by atomic mass is 16.5. The van der Waals surface area contributed by atoms with Gasteiger partial charge in [-0.2, -0.15) is 4.98 Å². The molecule has 1 aliphatic rings. The van der Waals surface area contributed by atoms with Gasteiger partial charge >= 0.3 is 0 Å². The molecule has 0 saturated carbocycles. The first kappa shape index (κ1) is 17.2. The van der Waals surface area contributed by atoms with Crippen molar-refractivity contribution in [3.05, 3.63) is 24.1 Å². The van der Waals surface area contributed by atoms with Gasteiger partial charge in [0.2, 0.25) is 17.6 Å². The van der Waals surface area contributed by atoms with Crippen LogP contribution in [0.5, 0.6) is 11.5 Å². The average Bonchev–Trinajstić information content (AvgIpc) is 3.10. The molecule has 2 aromatic rings. The summed E-state index contributed by atoms with van der Waals surface area (Å²) in [6, 6.07) is 5.15. The lowest BCUT2D eigenvalue weighted by molar-refractivity contribution is -0.124. The van der Waals surface area contributed by atoms with Crippen molar-refractivity contribution < 1.29 is 18.8 Å². The van der Waals surface area contributed by atoms with E-state index in [0.717, 1.165) is 31.4 Å². The maximum Gasteiger partial charge on any atom is 0.241 e. The number of likely N-dealkylation sites (tertiary alicyclic amines) is 1. The normalized spacial score (nSPS) is 18.1. The number of nitrogens with two attached hydrogens (primary N) is 1. The van der Waals surface area contributed by atoms with Crippen molar-refractivity contribution in [2.45, 2.75) is 31.8 Å². The molecule has 8 heteroatoms. The zero-order valence-corrected chi connectivity index (χ0v) is 14.4. The zero-order chi connectivity index (χ0) is 17.8. The molecule has 2 N–H and O–H groups in total. The molecule has 0 radical (unpaired) electrons. The molecule has 25 heavy (non-hydrogen) atoms. The second-order valence-corrected chi connectivity index (χ2v) is 5.97. The van der Waals surface area contributed by atoms with E-state index < -0.39 is 0 Å². The summed E-state index contributed by atoms with van der Waals surface area (Å²) in [5, 5.41) is 4.03. The first-order valence-corrected chi connectivity index (χ1v) is 8.20. The van der Waals surface area contributed by atoms with Gasteiger partial charge in [-0.05, 0) is 37.6 Å². The average molecular weight is 346 g/mol. The Labute approximate surface area is 145 Å². The molecule has 1 aliphatic heterocycles. The number of hydrogen-bond acceptors (Lipinski definition) is 7. The van der Waals surface area contributed by atoms with Crippen LogP contribution in [0.15, 0.2) is 22.7 Å². The molecule has 134 valence electrons. The van der Waals surface area contributed by atoms with Gasteiger partial charge in [0.15, 0.2) is 11.5 Å². The van der Waals surface area contributed by atoms with E-state index in [0.29, 0.717) is 29.8 Å². The molecule has 0 bridgehead atoms. The van der Waals surface area contributed by atoms with Gasteiger partial charge in [-0.3, -0.25) is 9.69 Å². The molecule has 3 rings (SSSR count). The van der Waals surface area contributed by atoms with Crippen molar-refractivity contribution in [1.82, 2.24) is 15.0 Å². The van der Waals surface area contributed by atoms with Gasteiger partial charge in [0.05, 0.1) is 26.8 Å². The molecule has 2 heterocycles. The van der Waals surface area contributed by atoms with E-state index >= 15 is 0 Å². The number of aromatic nitrogens is 2. The van der Waals surface area contributed by atoms with Crippen LogP contribution in [0.4, 0.5) is 0 Å². The van der Waals surface area contributed by atoms with Gasteiger partial charge in [-0.1, -0.05) is 11.6 Å². The van der Waals surface area contributed by atoms with E-state index in [4.69, 9.17) is 19.7 Å². The molecule has 1 atom stereocenters. The maximum atomic E-state index is 11.6. The number of carbonyl (C=O) groups is 1. The van der Waals surface area contributed by atoms with Crippen LogP contribution in [-0.4, -0.2) is 47.8 Å². The number of rotatable bonds is 6. The Bertz CT molecular complexity index is 746. The summed E-state index contributed by atoms with van der Waals surface area (Å²) >= 11 is 0.